The van der Waals surface area contributed by atoms with Gasteiger partial charge in [0.25, 0.3) is 0 Å². The highest BCUT2D eigenvalue weighted by Gasteiger charge is 2.00. The van der Waals surface area contributed by atoms with Gasteiger partial charge >= 0.3 is 0 Å². The van der Waals surface area contributed by atoms with Gasteiger partial charge in [0.05, 0.1) is 0 Å². The van der Waals surface area contributed by atoms with Gasteiger partial charge in [-0.25, -0.2) is 9.97 Å². The van der Waals surface area contributed by atoms with Crippen LogP contribution in [0.4, 0.5) is 0 Å². The van der Waals surface area contributed by atoms with Gasteiger partial charge in [0.15, 0.2) is 0 Å². The molecule has 0 unspecified atom stereocenters. The molecular weight excluding hydrogens is 184 g/mol. The first-order valence-electron chi connectivity index (χ1n) is 4.80. The van der Waals surface area contributed by atoms with Crippen molar-refractivity contribution in [2.45, 2.75) is 6.92 Å². The Bertz CT molecular complexity index is 475. The van der Waals surface area contributed by atoms with Gasteiger partial charge in [0.2, 0.25) is 0 Å². The molecule has 1 aromatic carbocycles. The Morgan fingerprint density at radius 3 is 2.47 bits per heavy atom. The van der Waals surface area contributed by atoms with Crippen molar-refractivity contribution in [2.75, 3.05) is 0 Å². The zero-order valence-corrected chi connectivity index (χ0v) is 8.64. The number of hydrogen-bond acceptors (Lipinski definition) is 2. The SMILES string of the molecule is C=Cc1ccc(-c2cncnc2)cc1C. The van der Waals surface area contributed by atoms with Gasteiger partial charge < -0.3 is 0 Å². The van der Waals surface area contributed by atoms with E-state index in [-0.39, 0.29) is 0 Å². The first kappa shape index (κ1) is 9.59. The number of aromatic nitrogens is 2. The predicted octanol–water partition coefficient (Wildman–Crippen LogP) is 3.10. The summed E-state index contributed by atoms with van der Waals surface area (Å²) in [4.78, 5) is 8.00. The fourth-order valence-corrected chi connectivity index (χ4v) is 1.53. The molecule has 0 saturated heterocycles. The Kier molecular flexibility index (Phi) is 2.59. The Labute approximate surface area is 89.3 Å². The van der Waals surface area contributed by atoms with E-state index in [2.05, 4.69) is 41.7 Å². The van der Waals surface area contributed by atoms with Crippen molar-refractivity contribution in [3.05, 3.63) is 54.6 Å². The second-order valence-electron chi connectivity index (χ2n) is 3.40. The number of hydrogen-bond donors (Lipinski definition) is 0. The molecule has 0 spiro atoms. The molecule has 1 aromatic heterocycles. The molecule has 0 amide bonds. The van der Waals surface area contributed by atoms with Crippen LogP contribution in [-0.2, 0) is 0 Å². The molecule has 0 N–H and O–H groups in total. The van der Waals surface area contributed by atoms with Gasteiger partial charge in [-0.2, -0.15) is 0 Å². The zero-order valence-electron chi connectivity index (χ0n) is 8.64. The van der Waals surface area contributed by atoms with E-state index in [4.69, 9.17) is 0 Å². The molecule has 0 radical (unpaired) electrons. The van der Waals surface area contributed by atoms with Crippen molar-refractivity contribution in [1.82, 2.24) is 9.97 Å². The fourth-order valence-electron chi connectivity index (χ4n) is 1.53. The zero-order chi connectivity index (χ0) is 10.7. The van der Waals surface area contributed by atoms with Crippen LogP contribution in [0.1, 0.15) is 11.1 Å². The first-order chi connectivity index (χ1) is 7.31. The van der Waals surface area contributed by atoms with E-state index in [0.29, 0.717) is 0 Å². The number of nitrogens with zero attached hydrogens (tertiary/aromatic N) is 2. The molecule has 15 heavy (non-hydrogen) atoms. The summed E-state index contributed by atoms with van der Waals surface area (Å²) in [5, 5.41) is 0. The van der Waals surface area contributed by atoms with E-state index < -0.39 is 0 Å². The summed E-state index contributed by atoms with van der Waals surface area (Å²) < 4.78 is 0. The van der Waals surface area contributed by atoms with Crippen molar-refractivity contribution >= 4 is 6.08 Å². The molecule has 74 valence electrons. The fraction of sp³-hybridized carbons (Fsp3) is 0.0769. The van der Waals surface area contributed by atoms with E-state index in [1.54, 1.807) is 0 Å². The standard InChI is InChI=1S/C13H12N2/c1-3-11-4-5-12(6-10(11)2)13-7-14-9-15-8-13/h3-9H,1H2,2H3. The van der Waals surface area contributed by atoms with Gasteiger partial charge in [0, 0.05) is 18.0 Å². The van der Waals surface area contributed by atoms with E-state index in [0.717, 1.165) is 16.7 Å². The molecule has 0 aliphatic rings. The summed E-state index contributed by atoms with van der Waals surface area (Å²) in [6, 6.07) is 6.24. The Morgan fingerprint density at radius 1 is 1.13 bits per heavy atom. The van der Waals surface area contributed by atoms with Crippen LogP contribution in [0.5, 0.6) is 0 Å². The first-order valence-corrected chi connectivity index (χ1v) is 4.80. The second kappa shape index (κ2) is 4.05. The molecular formula is C13H12N2. The Morgan fingerprint density at radius 2 is 1.87 bits per heavy atom. The highest BCUT2D eigenvalue weighted by atomic mass is 14.8. The average Bonchev–Trinajstić information content (AvgIpc) is 2.30. The van der Waals surface area contributed by atoms with Crippen LogP contribution in [-0.4, -0.2) is 9.97 Å². The van der Waals surface area contributed by atoms with Crippen LogP contribution < -0.4 is 0 Å². The molecule has 0 aliphatic carbocycles. The summed E-state index contributed by atoms with van der Waals surface area (Å²) in [6.45, 7) is 5.84. The van der Waals surface area contributed by atoms with Gasteiger partial charge in [-0.05, 0) is 23.6 Å². The normalized spacial score (nSPS) is 9.93. The molecule has 0 aliphatic heterocycles. The maximum Gasteiger partial charge on any atom is 0.115 e. The molecule has 1 heterocycles. The van der Waals surface area contributed by atoms with Gasteiger partial charge in [-0.15, -0.1) is 0 Å². The molecule has 2 aromatic rings. The van der Waals surface area contributed by atoms with Gasteiger partial charge in [0.1, 0.15) is 6.33 Å². The van der Waals surface area contributed by atoms with Crippen LogP contribution in [0.25, 0.3) is 17.2 Å². The third-order valence-corrected chi connectivity index (χ3v) is 2.38. The minimum atomic E-state index is 1.04. The topological polar surface area (TPSA) is 25.8 Å². The van der Waals surface area contributed by atoms with E-state index in [1.165, 1.54) is 11.9 Å². The van der Waals surface area contributed by atoms with Crippen LogP contribution in [0.15, 0.2) is 43.5 Å². The van der Waals surface area contributed by atoms with Crippen LogP contribution >= 0.6 is 0 Å². The van der Waals surface area contributed by atoms with Crippen molar-refractivity contribution < 1.29 is 0 Å². The van der Waals surface area contributed by atoms with Crippen molar-refractivity contribution in [3.8, 4) is 11.1 Å². The molecule has 0 saturated carbocycles. The monoisotopic (exact) mass is 196 g/mol. The average molecular weight is 196 g/mol. The Balaban J connectivity index is 2.47. The lowest BCUT2D eigenvalue weighted by Crippen LogP contribution is -1.85. The number of aryl methyl sites for hydroxylation is 1. The highest BCUT2D eigenvalue weighted by Crippen LogP contribution is 2.21. The molecule has 2 heteroatoms. The van der Waals surface area contributed by atoms with Crippen molar-refractivity contribution in [1.29, 1.82) is 0 Å². The minimum Gasteiger partial charge on any atom is -0.244 e. The second-order valence-corrected chi connectivity index (χ2v) is 3.40. The molecule has 0 fully saturated rings. The maximum absolute atomic E-state index is 4.00. The summed E-state index contributed by atoms with van der Waals surface area (Å²) in [6.07, 6.45) is 7.03. The predicted molar refractivity (Wildman–Crippen MR) is 62.3 cm³/mol. The lowest BCUT2D eigenvalue weighted by atomic mass is 10.0. The van der Waals surface area contributed by atoms with E-state index in [1.807, 2.05) is 18.5 Å². The van der Waals surface area contributed by atoms with Crippen molar-refractivity contribution in [2.24, 2.45) is 0 Å². The van der Waals surface area contributed by atoms with Gasteiger partial charge in [-0.1, -0.05) is 30.9 Å². The lowest BCUT2D eigenvalue weighted by Gasteiger charge is -2.04. The summed E-state index contributed by atoms with van der Waals surface area (Å²) in [7, 11) is 0. The van der Waals surface area contributed by atoms with E-state index in [9.17, 15) is 0 Å². The molecule has 2 rings (SSSR count). The van der Waals surface area contributed by atoms with E-state index >= 15 is 0 Å². The Hall–Kier alpha value is -1.96. The number of rotatable bonds is 2. The highest BCUT2D eigenvalue weighted by molar-refractivity contribution is 5.66. The maximum atomic E-state index is 4.00. The third kappa shape index (κ3) is 1.94. The molecule has 2 nitrogen and oxygen atoms in total. The molecule has 0 atom stereocenters. The molecule has 0 bridgehead atoms. The largest absolute Gasteiger partial charge is 0.244 e. The quantitative estimate of drug-likeness (QED) is 0.737. The van der Waals surface area contributed by atoms with Gasteiger partial charge in [-0.3, -0.25) is 0 Å². The lowest BCUT2D eigenvalue weighted by molar-refractivity contribution is 1.17. The van der Waals surface area contributed by atoms with Crippen LogP contribution in [0.3, 0.4) is 0 Å². The third-order valence-electron chi connectivity index (χ3n) is 2.38. The summed E-state index contributed by atoms with van der Waals surface area (Å²) >= 11 is 0. The van der Waals surface area contributed by atoms with Crippen LogP contribution in [0, 0.1) is 6.92 Å². The smallest absolute Gasteiger partial charge is 0.115 e. The number of benzene rings is 1. The van der Waals surface area contributed by atoms with Crippen LogP contribution in [0.2, 0.25) is 0 Å². The summed E-state index contributed by atoms with van der Waals surface area (Å²) in [5.41, 5.74) is 4.55. The summed E-state index contributed by atoms with van der Waals surface area (Å²) in [5.74, 6) is 0. The minimum absolute atomic E-state index is 1.04. The van der Waals surface area contributed by atoms with Crippen molar-refractivity contribution in [3.63, 3.8) is 0 Å².